The van der Waals surface area contributed by atoms with Crippen molar-refractivity contribution < 1.29 is 10.2 Å². The fourth-order valence-electron chi connectivity index (χ4n) is 3.03. The predicted octanol–water partition coefficient (Wildman–Crippen LogP) is 1.99. The van der Waals surface area contributed by atoms with E-state index in [1.54, 1.807) is 0 Å². The Hall–Kier alpha value is -0.0800. The van der Waals surface area contributed by atoms with Gasteiger partial charge < -0.3 is 10.2 Å². The molecule has 2 fully saturated rings. The Balaban J connectivity index is 1.95. The van der Waals surface area contributed by atoms with Crippen molar-refractivity contribution in [1.82, 2.24) is 0 Å². The molecular formula is C11H20O2. The highest BCUT2D eigenvalue weighted by Gasteiger charge is 2.41. The first-order valence-electron chi connectivity index (χ1n) is 5.57. The first kappa shape index (κ1) is 9.47. The van der Waals surface area contributed by atoms with Crippen molar-refractivity contribution in [2.24, 2.45) is 0 Å². The zero-order chi connectivity index (χ0) is 9.36. The third kappa shape index (κ3) is 2.05. The molecule has 2 nitrogen and oxygen atoms in total. The number of rotatable bonds is 2. The van der Waals surface area contributed by atoms with Crippen molar-refractivity contribution in [3.63, 3.8) is 0 Å². The third-order valence-electron chi connectivity index (χ3n) is 3.73. The van der Waals surface area contributed by atoms with E-state index in [1.165, 1.54) is 0 Å². The Morgan fingerprint density at radius 2 is 1.00 bits per heavy atom. The molecule has 0 radical (unpaired) electrons. The lowest BCUT2D eigenvalue weighted by Crippen LogP contribution is -2.37. The molecule has 0 unspecified atom stereocenters. The van der Waals surface area contributed by atoms with Crippen LogP contribution in [0.5, 0.6) is 0 Å². The van der Waals surface area contributed by atoms with Crippen molar-refractivity contribution in [1.29, 1.82) is 0 Å². The Morgan fingerprint density at radius 3 is 1.31 bits per heavy atom. The summed E-state index contributed by atoms with van der Waals surface area (Å²) in [6, 6.07) is 0. The highest BCUT2D eigenvalue weighted by atomic mass is 16.3. The lowest BCUT2D eigenvalue weighted by atomic mass is 9.85. The highest BCUT2D eigenvalue weighted by molar-refractivity contribution is 4.95. The van der Waals surface area contributed by atoms with Gasteiger partial charge in [-0.15, -0.1) is 0 Å². The van der Waals surface area contributed by atoms with Gasteiger partial charge in [-0.05, 0) is 25.7 Å². The van der Waals surface area contributed by atoms with Crippen LogP contribution in [-0.4, -0.2) is 21.4 Å². The van der Waals surface area contributed by atoms with Crippen LogP contribution in [0.3, 0.4) is 0 Å². The SMILES string of the molecule is OC1(CC2(O)CCCC2)CCCC1. The van der Waals surface area contributed by atoms with Crippen LogP contribution in [0.1, 0.15) is 57.8 Å². The lowest BCUT2D eigenvalue weighted by molar-refractivity contribution is -0.0572. The minimum Gasteiger partial charge on any atom is -0.390 e. The zero-order valence-electron chi connectivity index (χ0n) is 8.26. The molecule has 2 saturated carbocycles. The fourth-order valence-corrected chi connectivity index (χ4v) is 3.03. The van der Waals surface area contributed by atoms with Gasteiger partial charge in [0.25, 0.3) is 0 Å². The van der Waals surface area contributed by atoms with E-state index in [4.69, 9.17) is 0 Å². The molecule has 0 heterocycles. The second kappa shape index (κ2) is 3.25. The van der Waals surface area contributed by atoms with E-state index in [0.717, 1.165) is 51.4 Å². The molecule has 0 amide bonds. The van der Waals surface area contributed by atoms with E-state index in [0.29, 0.717) is 6.42 Å². The zero-order valence-corrected chi connectivity index (χ0v) is 8.26. The molecule has 0 saturated heterocycles. The predicted molar refractivity (Wildman–Crippen MR) is 51.5 cm³/mol. The summed E-state index contributed by atoms with van der Waals surface area (Å²) < 4.78 is 0. The quantitative estimate of drug-likeness (QED) is 0.689. The summed E-state index contributed by atoms with van der Waals surface area (Å²) in [7, 11) is 0. The van der Waals surface area contributed by atoms with E-state index in [9.17, 15) is 10.2 Å². The molecule has 0 aliphatic heterocycles. The van der Waals surface area contributed by atoms with Crippen LogP contribution in [0, 0.1) is 0 Å². The Labute approximate surface area is 80.0 Å². The number of hydrogen-bond acceptors (Lipinski definition) is 2. The van der Waals surface area contributed by atoms with Gasteiger partial charge in [-0.1, -0.05) is 25.7 Å². The van der Waals surface area contributed by atoms with Crippen LogP contribution >= 0.6 is 0 Å². The smallest absolute Gasteiger partial charge is 0.0675 e. The van der Waals surface area contributed by atoms with Crippen molar-refractivity contribution in [3.8, 4) is 0 Å². The van der Waals surface area contributed by atoms with Crippen molar-refractivity contribution in [2.75, 3.05) is 0 Å². The Kier molecular flexibility index (Phi) is 2.37. The summed E-state index contributed by atoms with van der Waals surface area (Å²) in [6.45, 7) is 0. The maximum atomic E-state index is 10.2. The van der Waals surface area contributed by atoms with Gasteiger partial charge in [-0.25, -0.2) is 0 Å². The lowest BCUT2D eigenvalue weighted by Gasteiger charge is -2.32. The van der Waals surface area contributed by atoms with Gasteiger partial charge in [0.1, 0.15) is 0 Å². The van der Waals surface area contributed by atoms with Crippen molar-refractivity contribution in [2.45, 2.75) is 69.0 Å². The topological polar surface area (TPSA) is 40.5 Å². The maximum Gasteiger partial charge on any atom is 0.0675 e. The summed E-state index contributed by atoms with van der Waals surface area (Å²) in [5.41, 5.74) is -1.06. The normalized spacial score (nSPS) is 30.9. The third-order valence-corrected chi connectivity index (χ3v) is 3.73. The molecule has 0 aromatic rings. The van der Waals surface area contributed by atoms with Gasteiger partial charge in [-0.2, -0.15) is 0 Å². The molecular weight excluding hydrogens is 164 g/mol. The summed E-state index contributed by atoms with van der Waals surface area (Å²) in [4.78, 5) is 0. The van der Waals surface area contributed by atoms with Gasteiger partial charge in [0.2, 0.25) is 0 Å². The van der Waals surface area contributed by atoms with E-state index in [2.05, 4.69) is 0 Å². The van der Waals surface area contributed by atoms with Crippen molar-refractivity contribution in [3.05, 3.63) is 0 Å². The van der Waals surface area contributed by atoms with Crippen LogP contribution in [0.4, 0.5) is 0 Å². The highest BCUT2D eigenvalue weighted by Crippen LogP contribution is 2.42. The van der Waals surface area contributed by atoms with Gasteiger partial charge in [0.05, 0.1) is 11.2 Å². The molecule has 0 atom stereocenters. The minimum atomic E-state index is -0.529. The second-order valence-corrected chi connectivity index (χ2v) is 5.04. The molecule has 0 spiro atoms. The second-order valence-electron chi connectivity index (χ2n) is 5.04. The van der Waals surface area contributed by atoms with Gasteiger partial charge in [-0.3, -0.25) is 0 Å². The van der Waals surface area contributed by atoms with Gasteiger partial charge in [0, 0.05) is 6.42 Å². The van der Waals surface area contributed by atoms with Crippen LogP contribution in [0.15, 0.2) is 0 Å². The van der Waals surface area contributed by atoms with E-state index >= 15 is 0 Å². The minimum absolute atomic E-state index is 0.529. The fraction of sp³-hybridized carbons (Fsp3) is 1.00. The van der Waals surface area contributed by atoms with Crippen LogP contribution in [0.2, 0.25) is 0 Å². The van der Waals surface area contributed by atoms with Crippen LogP contribution in [0.25, 0.3) is 0 Å². The van der Waals surface area contributed by atoms with E-state index in [-0.39, 0.29) is 0 Å². The molecule has 0 bridgehead atoms. The summed E-state index contributed by atoms with van der Waals surface area (Å²) in [5, 5.41) is 20.3. The molecule has 76 valence electrons. The molecule has 2 heteroatoms. The molecule has 2 rings (SSSR count). The summed E-state index contributed by atoms with van der Waals surface area (Å²) >= 11 is 0. The number of aliphatic hydroxyl groups is 2. The maximum absolute atomic E-state index is 10.2. The standard InChI is InChI=1S/C11H20O2/c12-10(5-1-2-6-10)9-11(13)7-3-4-8-11/h12-13H,1-9H2. The average molecular weight is 184 g/mol. The number of hydrogen-bond donors (Lipinski definition) is 2. The average Bonchev–Trinajstić information content (AvgIpc) is 2.60. The van der Waals surface area contributed by atoms with E-state index < -0.39 is 11.2 Å². The Bertz CT molecular complexity index is 157. The monoisotopic (exact) mass is 184 g/mol. The summed E-state index contributed by atoms with van der Waals surface area (Å²) in [5.74, 6) is 0. The van der Waals surface area contributed by atoms with E-state index in [1.807, 2.05) is 0 Å². The molecule has 2 aliphatic rings. The van der Waals surface area contributed by atoms with Gasteiger partial charge in [0.15, 0.2) is 0 Å². The largest absolute Gasteiger partial charge is 0.390 e. The van der Waals surface area contributed by atoms with Crippen molar-refractivity contribution >= 4 is 0 Å². The molecule has 2 N–H and O–H groups in total. The summed E-state index contributed by atoms with van der Waals surface area (Å²) in [6.07, 6.45) is 8.74. The Morgan fingerprint density at radius 1 is 0.692 bits per heavy atom. The van der Waals surface area contributed by atoms with Gasteiger partial charge >= 0.3 is 0 Å². The van der Waals surface area contributed by atoms with Crippen LogP contribution < -0.4 is 0 Å². The molecule has 2 aliphatic carbocycles. The molecule has 0 aromatic heterocycles. The molecule has 0 aromatic carbocycles. The molecule has 13 heavy (non-hydrogen) atoms. The first-order chi connectivity index (χ1) is 6.12. The van der Waals surface area contributed by atoms with Crippen LogP contribution in [-0.2, 0) is 0 Å². The first-order valence-corrected chi connectivity index (χ1v) is 5.57.